The molecule has 4 aliphatic heterocycles. The molecule has 0 saturated carbocycles. The van der Waals surface area contributed by atoms with Gasteiger partial charge < -0.3 is 19.6 Å². The number of carbonyl (C=O) groups excluding carboxylic acids is 3. The first-order chi connectivity index (χ1) is 18.0. The van der Waals surface area contributed by atoms with Crippen molar-refractivity contribution in [1.82, 2.24) is 9.80 Å². The molecule has 37 heavy (non-hydrogen) atoms. The average molecular weight is 517 g/mol. The van der Waals surface area contributed by atoms with E-state index < -0.39 is 34.6 Å². The van der Waals surface area contributed by atoms with Gasteiger partial charge in [0.1, 0.15) is 12.6 Å². The van der Waals surface area contributed by atoms with Gasteiger partial charge in [-0.2, -0.15) is 0 Å². The Morgan fingerprint density at radius 2 is 1.73 bits per heavy atom. The fourth-order valence-electron chi connectivity index (χ4n) is 6.27. The van der Waals surface area contributed by atoms with E-state index in [0.29, 0.717) is 13.1 Å². The Balaban J connectivity index is 1.47. The third-order valence-corrected chi connectivity index (χ3v) is 9.59. The van der Waals surface area contributed by atoms with Crippen molar-refractivity contribution in [2.24, 2.45) is 11.8 Å². The zero-order valence-electron chi connectivity index (χ0n) is 20.2. The molecule has 0 aliphatic carbocycles. The van der Waals surface area contributed by atoms with Gasteiger partial charge in [-0.15, -0.1) is 11.8 Å². The number of esters is 1. The maximum absolute atomic E-state index is 14.4. The normalized spacial score (nSPS) is 31.3. The second-order valence-electron chi connectivity index (χ2n) is 9.86. The average Bonchev–Trinajstić information content (AvgIpc) is 3.22. The minimum absolute atomic E-state index is 0.177. The van der Waals surface area contributed by atoms with Crippen LogP contribution in [0.2, 0.25) is 0 Å². The SMILES string of the molecule is O=C1OCC=C[C@@H]2S[C@]34C=CCN(Cc5ccccc5)C(=O)C3N([C@H](CO)c3ccccc3)C(=O)[C@@H]4[C@H]12. The molecule has 2 aromatic rings. The Morgan fingerprint density at radius 1 is 1.00 bits per heavy atom. The van der Waals surface area contributed by atoms with Gasteiger partial charge in [0.2, 0.25) is 11.8 Å². The number of cyclic esters (lactones) is 1. The fourth-order valence-corrected chi connectivity index (χ4v) is 8.25. The van der Waals surface area contributed by atoms with Crippen molar-refractivity contribution < 1.29 is 24.2 Å². The molecule has 4 heterocycles. The quantitative estimate of drug-likeness (QED) is 0.486. The van der Waals surface area contributed by atoms with E-state index >= 15 is 0 Å². The number of hydrogen-bond acceptors (Lipinski definition) is 6. The van der Waals surface area contributed by atoms with Crippen molar-refractivity contribution in [3.63, 3.8) is 0 Å². The number of thioether (sulfide) groups is 1. The molecule has 2 saturated heterocycles. The third kappa shape index (κ3) is 3.81. The van der Waals surface area contributed by atoms with E-state index in [2.05, 4.69) is 0 Å². The van der Waals surface area contributed by atoms with E-state index in [1.807, 2.05) is 85.0 Å². The molecule has 6 rings (SSSR count). The fraction of sp³-hybridized carbons (Fsp3) is 0.345. The second kappa shape index (κ2) is 9.50. The van der Waals surface area contributed by atoms with Crippen molar-refractivity contribution in [1.29, 1.82) is 0 Å². The van der Waals surface area contributed by atoms with Crippen molar-refractivity contribution in [2.75, 3.05) is 19.8 Å². The number of likely N-dealkylation sites (tertiary alicyclic amines) is 1. The second-order valence-corrected chi connectivity index (χ2v) is 11.3. The molecule has 0 aromatic heterocycles. The van der Waals surface area contributed by atoms with E-state index in [1.54, 1.807) is 9.80 Å². The van der Waals surface area contributed by atoms with Gasteiger partial charge in [0.05, 0.1) is 29.2 Å². The van der Waals surface area contributed by atoms with Crippen LogP contribution in [0.5, 0.6) is 0 Å². The number of rotatable bonds is 5. The molecule has 2 fully saturated rings. The summed E-state index contributed by atoms with van der Waals surface area (Å²) in [7, 11) is 0. The Labute approximate surface area is 219 Å². The monoisotopic (exact) mass is 516 g/mol. The number of ether oxygens (including phenoxy) is 1. The number of carbonyl (C=O) groups is 3. The summed E-state index contributed by atoms with van der Waals surface area (Å²) < 4.78 is 4.49. The topological polar surface area (TPSA) is 87.2 Å². The van der Waals surface area contributed by atoms with Gasteiger partial charge in [-0.25, -0.2) is 0 Å². The lowest BCUT2D eigenvalue weighted by atomic mass is 9.78. The molecule has 1 spiro atoms. The van der Waals surface area contributed by atoms with Gasteiger partial charge in [0.25, 0.3) is 0 Å². The van der Waals surface area contributed by atoms with Crippen molar-refractivity contribution in [3.05, 3.63) is 96.1 Å². The van der Waals surface area contributed by atoms with Crippen molar-refractivity contribution >= 4 is 29.5 Å². The molecule has 2 amide bonds. The molecule has 8 heteroatoms. The molecule has 0 bridgehead atoms. The number of amides is 2. The third-order valence-electron chi connectivity index (χ3n) is 7.84. The van der Waals surface area contributed by atoms with Gasteiger partial charge in [0, 0.05) is 18.3 Å². The molecule has 0 radical (unpaired) electrons. The summed E-state index contributed by atoms with van der Waals surface area (Å²) in [6.45, 7) is 0.633. The lowest BCUT2D eigenvalue weighted by Gasteiger charge is -2.38. The van der Waals surface area contributed by atoms with E-state index in [4.69, 9.17) is 4.74 Å². The Morgan fingerprint density at radius 3 is 2.46 bits per heavy atom. The first-order valence-corrected chi connectivity index (χ1v) is 13.4. The summed E-state index contributed by atoms with van der Waals surface area (Å²) in [5, 5.41) is 10.3. The summed E-state index contributed by atoms with van der Waals surface area (Å²) in [6, 6.07) is 17.4. The van der Waals surface area contributed by atoms with Gasteiger partial charge in [-0.3, -0.25) is 14.4 Å². The van der Waals surface area contributed by atoms with Crippen LogP contribution in [0.4, 0.5) is 0 Å². The number of aliphatic hydroxyl groups is 1. The van der Waals surface area contributed by atoms with Gasteiger partial charge in [-0.1, -0.05) is 85.0 Å². The summed E-state index contributed by atoms with van der Waals surface area (Å²) >= 11 is 1.50. The number of nitrogens with zero attached hydrogens (tertiary/aromatic N) is 2. The van der Waals surface area contributed by atoms with Crippen LogP contribution in [0.3, 0.4) is 0 Å². The lowest BCUT2D eigenvalue weighted by Crippen LogP contribution is -2.54. The largest absolute Gasteiger partial charge is 0.461 e. The van der Waals surface area contributed by atoms with Crippen LogP contribution in [0.25, 0.3) is 0 Å². The molecule has 7 nitrogen and oxygen atoms in total. The van der Waals surface area contributed by atoms with Crippen LogP contribution in [-0.2, 0) is 25.7 Å². The summed E-state index contributed by atoms with van der Waals surface area (Å²) in [6.07, 6.45) is 7.68. The number of aliphatic hydroxyl groups excluding tert-OH is 1. The van der Waals surface area contributed by atoms with Crippen LogP contribution in [0.15, 0.2) is 85.0 Å². The smallest absolute Gasteiger partial charge is 0.311 e. The standard InChI is InChI=1S/C29H28N2O5S/c32-18-21(20-11-5-2-6-12-20)31-25-27(34)30(17-19-9-3-1-4-10-19)15-8-14-29(25)24(26(31)33)23-22(37-29)13-7-16-36-28(23)35/h1-14,21-25,32H,15-18H2/t21-,22+,23-,24+,25?,29+/m1/s1. The Hall–Kier alpha value is -3.36. The van der Waals surface area contributed by atoms with Gasteiger partial charge in [-0.05, 0) is 11.1 Å². The highest BCUT2D eigenvalue weighted by Gasteiger charge is 2.71. The number of hydrogen-bond donors (Lipinski definition) is 1. The highest BCUT2D eigenvalue weighted by atomic mass is 32.2. The minimum atomic E-state index is -0.947. The van der Waals surface area contributed by atoms with E-state index in [9.17, 15) is 19.5 Å². The molecule has 190 valence electrons. The zero-order valence-corrected chi connectivity index (χ0v) is 21.0. The maximum atomic E-state index is 14.4. The Bertz CT molecular complexity index is 1270. The van der Waals surface area contributed by atoms with Gasteiger partial charge >= 0.3 is 5.97 Å². The van der Waals surface area contributed by atoms with Gasteiger partial charge in [0.15, 0.2) is 0 Å². The van der Waals surface area contributed by atoms with Crippen LogP contribution >= 0.6 is 11.8 Å². The zero-order chi connectivity index (χ0) is 25.6. The molecule has 2 aromatic carbocycles. The highest BCUT2D eigenvalue weighted by Crippen LogP contribution is 2.62. The predicted octanol–water partition coefficient (Wildman–Crippen LogP) is 2.73. The molecule has 6 atom stereocenters. The minimum Gasteiger partial charge on any atom is -0.461 e. The lowest BCUT2D eigenvalue weighted by molar-refractivity contribution is -0.152. The van der Waals surface area contributed by atoms with E-state index in [0.717, 1.165) is 11.1 Å². The van der Waals surface area contributed by atoms with Crippen LogP contribution in [0, 0.1) is 11.8 Å². The highest BCUT2D eigenvalue weighted by molar-refractivity contribution is 8.02. The molecule has 1 unspecified atom stereocenters. The summed E-state index contributed by atoms with van der Waals surface area (Å²) in [4.78, 5) is 45.2. The first kappa shape index (κ1) is 24.0. The van der Waals surface area contributed by atoms with E-state index in [-0.39, 0.29) is 30.3 Å². The maximum Gasteiger partial charge on any atom is 0.311 e. The van der Waals surface area contributed by atoms with Crippen LogP contribution in [-0.4, -0.2) is 68.5 Å². The summed E-state index contributed by atoms with van der Waals surface area (Å²) in [5.41, 5.74) is 1.74. The molecular formula is C29H28N2O5S. The number of benzene rings is 2. The molecule has 1 N–H and O–H groups in total. The van der Waals surface area contributed by atoms with Crippen LogP contribution < -0.4 is 0 Å². The predicted molar refractivity (Wildman–Crippen MR) is 139 cm³/mol. The molecule has 4 aliphatic rings. The number of fused-ring (bicyclic) bond motifs is 2. The molecular weight excluding hydrogens is 488 g/mol. The van der Waals surface area contributed by atoms with E-state index in [1.165, 1.54) is 11.8 Å². The first-order valence-electron chi connectivity index (χ1n) is 12.5. The van der Waals surface area contributed by atoms with Crippen molar-refractivity contribution in [3.8, 4) is 0 Å². The summed E-state index contributed by atoms with van der Waals surface area (Å²) in [5.74, 6) is -2.35. The van der Waals surface area contributed by atoms with Crippen LogP contribution in [0.1, 0.15) is 17.2 Å². The Kier molecular flexibility index (Phi) is 6.16. The van der Waals surface area contributed by atoms with Crippen molar-refractivity contribution in [2.45, 2.75) is 28.6 Å².